The minimum absolute atomic E-state index is 0.196. The zero-order valence-electron chi connectivity index (χ0n) is 8.34. The summed E-state index contributed by atoms with van der Waals surface area (Å²) in [7, 11) is 0. The third-order valence-electron chi connectivity index (χ3n) is 2.02. The molecule has 1 aromatic heterocycles. The van der Waals surface area contributed by atoms with Crippen molar-refractivity contribution in [1.29, 1.82) is 0 Å². The summed E-state index contributed by atoms with van der Waals surface area (Å²) in [6, 6.07) is 5.94. The van der Waals surface area contributed by atoms with Crippen molar-refractivity contribution in [2.24, 2.45) is 0 Å². The third kappa shape index (κ3) is 2.25. The highest BCUT2D eigenvalue weighted by Gasteiger charge is 2.01. The molecule has 4 nitrogen and oxygen atoms in total. The zero-order valence-corrected chi connectivity index (χ0v) is 8.34. The van der Waals surface area contributed by atoms with Gasteiger partial charge in [0.1, 0.15) is 12.4 Å². The largest absolute Gasteiger partial charge is 0.407 e. The van der Waals surface area contributed by atoms with E-state index in [4.69, 9.17) is 4.84 Å². The maximum Gasteiger partial charge on any atom is 0.208 e. The number of aromatic nitrogens is 2. The monoisotopic (exact) mass is 220 g/mol. The summed E-state index contributed by atoms with van der Waals surface area (Å²) in [6.07, 6.45) is 3.60. The second-order valence-electron chi connectivity index (χ2n) is 3.13. The smallest absolute Gasteiger partial charge is 0.208 e. The number of carbonyl (C=O) groups excluding carboxylic acids is 1. The van der Waals surface area contributed by atoms with Gasteiger partial charge >= 0.3 is 0 Å². The standard InChI is InChI=1S/C11H9FN2O2/c12-10-3-1-9(2-4-10)8-16-14-6-5-13-11(14)7-15/h1-7H,8H2. The molecule has 0 atom stereocenters. The van der Waals surface area contributed by atoms with Crippen LogP contribution >= 0.6 is 0 Å². The number of halogens is 1. The molecule has 2 rings (SSSR count). The number of benzene rings is 1. The molecular formula is C11H9FN2O2. The Morgan fingerprint density at radius 2 is 2.12 bits per heavy atom. The first-order valence-electron chi connectivity index (χ1n) is 4.66. The first-order chi connectivity index (χ1) is 7.79. The summed E-state index contributed by atoms with van der Waals surface area (Å²) < 4.78 is 13.9. The van der Waals surface area contributed by atoms with E-state index in [1.165, 1.54) is 29.3 Å². The lowest BCUT2D eigenvalue weighted by Gasteiger charge is -2.06. The van der Waals surface area contributed by atoms with E-state index < -0.39 is 0 Å². The SMILES string of the molecule is O=Cc1nccn1OCc1ccc(F)cc1. The highest BCUT2D eigenvalue weighted by molar-refractivity contribution is 5.68. The van der Waals surface area contributed by atoms with E-state index in [0.29, 0.717) is 6.29 Å². The summed E-state index contributed by atoms with van der Waals surface area (Å²) in [5, 5.41) is 0. The van der Waals surface area contributed by atoms with Gasteiger partial charge in [0.2, 0.25) is 5.82 Å². The van der Waals surface area contributed by atoms with Gasteiger partial charge in [0.05, 0.1) is 6.20 Å². The van der Waals surface area contributed by atoms with Gasteiger partial charge in [-0.1, -0.05) is 12.1 Å². The van der Waals surface area contributed by atoms with Crippen molar-refractivity contribution in [2.75, 3.05) is 0 Å². The second-order valence-corrected chi connectivity index (χ2v) is 3.13. The Hall–Kier alpha value is -2.17. The summed E-state index contributed by atoms with van der Waals surface area (Å²) in [4.78, 5) is 19.6. The van der Waals surface area contributed by atoms with Crippen molar-refractivity contribution < 1.29 is 14.0 Å². The van der Waals surface area contributed by atoms with Gasteiger partial charge in [-0.05, 0) is 17.7 Å². The number of nitrogens with zero attached hydrogens (tertiary/aromatic N) is 2. The fraction of sp³-hybridized carbons (Fsp3) is 0.0909. The van der Waals surface area contributed by atoms with Crippen LogP contribution in [0.5, 0.6) is 0 Å². The number of imidazole rings is 1. The molecule has 0 amide bonds. The van der Waals surface area contributed by atoms with Gasteiger partial charge in [0.15, 0.2) is 6.29 Å². The number of carbonyl (C=O) groups is 1. The Bertz CT molecular complexity index is 479. The van der Waals surface area contributed by atoms with Crippen LogP contribution in [0.1, 0.15) is 16.2 Å². The molecule has 0 saturated carbocycles. The Labute approximate surface area is 91.3 Å². The van der Waals surface area contributed by atoms with Crippen molar-refractivity contribution in [3.8, 4) is 0 Å². The quantitative estimate of drug-likeness (QED) is 0.733. The lowest BCUT2D eigenvalue weighted by atomic mass is 10.2. The third-order valence-corrected chi connectivity index (χ3v) is 2.02. The fourth-order valence-corrected chi connectivity index (χ4v) is 1.22. The molecule has 2 aromatic rings. The van der Waals surface area contributed by atoms with Crippen molar-refractivity contribution in [2.45, 2.75) is 6.61 Å². The minimum Gasteiger partial charge on any atom is -0.407 e. The van der Waals surface area contributed by atoms with E-state index in [-0.39, 0.29) is 18.2 Å². The average Bonchev–Trinajstić information content (AvgIpc) is 2.76. The lowest BCUT2D eigenvalue weighted by molar-refractivity contribution is 0.0843. The highest BCUT2D eigenvalue weighted by atomic mass is 19.1. The van der Waals surface area contributed by atoms with Crippen LogP contribution in [-0.2, 0) is 6.61 Å². The van der Waals surface area contributed by atoms with Crippen molar-refractivity contribution >= 4 is 6.29 Å². The van der Waals surface area contributed by atoms with Crippen molar-refractivity contribution in [3.63, 3.8) is 0 Å². The van der Waals surface area contributed by atoms with Crippen LogP contribution in [0, 0.1) is 5.82 Å². The minimum atomic E-state index is -0.292. The lowest BCUT2D eigenvalue weighted by Crippen LogP contribution is -2.13. The molecule has 0 spiro atoms. The number of aldehydes is 1. The van der Waals surface area contributed by atoms with Crippen LogP contribution in [0.25, 0.3) is 0 Å². The van der Waals surface area contributed by atoms with E-state index in [0.717, 1.165) is 5.56 Å². The number of hydrogen-bond donors (Lipinski definition) is 0. The molecule has 1 heterocycles. The van der Waals surface area contributed by atoms with E-state index in [2.05, 4.69) is 4.98 Å². The summed E-state index contributed by atoms with van der Waals surface area (Å²) >= 11 is 0. The van der Waals surface area contributed by atoms with Gasteiger partial charge in [0.25, 0.3) is 0 Å². The molecule has 0 aliphatic carbocycles. The molecule has 82 valence electrons. The summed E-state index contributed by atoms with van der Waals surface area (Å²) in [5.74, 6) is -0.0953. The van der Waals surface area contributed by atoms with E-state index in [9.17, 15) is 9.18 Å². The molecule has 5 heteroatoms. The molecule has 0 aliphatic rings. The number of rotatable bonds is 4. The first-order valence-corrected chi connectivity index (χ1v) is 4.66. The molecule has 0 fully saturated rings. The van der Waals surface area contributed by atoms with Gasteiger partial charge in [-0.15, -0.1) is 0 Å². The Kier molecular flexibility index (Phi) is 2.95. The van der Waals surface area contributed by atoms with E-state index in [1.807, 2.05) is 0 Å². The molecule has 0 N–H and O–H groups in total. The molecule has 16 heavy (non-hydrogen) atoms. The van der Waals surface area contributed by atoms with Crippen molar-refractivity contribution in [1.82, 2.24) is 9.71 Å². The molecule has 1 aromatic carbocycles. The molecule has 0 unspecified atom stereocenters. The first kappa shape index (κ1) is 10.4. The number of hydrogen-bond acceptors (Lipinski definition) is 3. The average molecular weight is 220 g/mol. The van der Waals surface area contributed by atoms with Gasteiger partial charge < -0.3 is 4.84 Å². The molecule has 0 aliphatic heterocycles. The van der Waals surface area contributed by atoms with E-state index >= 15 is 0 Å². The van der Waals surface area contributed by atoms with Crippen LogP contribution in [0.3, 0.4) is 0 Å². The molecule has 0 saturated heterocycles. The van der Waals surface area contributed by atoms with Crippen LogP contribution in [-0.4, -0.2) is 16.0 Å². The fourth-order valence-electron chi connectivity index (χ4n) is 1.22. The van der Waals surface area contributed by atoms with Gasteiger partial charge in [-0.2, -0.15) is 4.73 Å². The zero-order chi connectivity index (χ0) is 11.4. The van der Waals surface area contributed by atoms with Gasteiger partial charge in [-0.3, -0.25) is 4.79 Å². The Morgan fingerprint density at radius 3 is 2.81 bits per heavy atom. The van der Waals surface area contributed by atoms with Crippen LogP contribution in [0.15, 0.2) is 36.7 Å². The van der Waals surface area contributed by atoms with Crippen LogP contribution < -0.4 is 4.84 Å². The Morgan fingerprint density at radius 1 is 1.38 bits per heavy atom. The second kappa shape index (κ2) is 4.57. The predicted octanol–water partition coefficient (Wildman–Crippen LogP) is 1.46. The van der Waals surface area contributed by atoms with E-state index in [1.54, 1.807) is 12.1 Å². The maximum absolute atomic E-state index is 12.6. The maximum atomic E-state index is 12.6. The molecule has 0 radical (unpaired) electrons. The predicted molar refractivity (Wildman–Crippen MR) is 54.3 cm³/mol. The Balaban J connectivity index is 2.02. The van der Waals surface area contributed by atoms with Gasteiger partial charge in [-0.25, -0.2) is 9.37 Å². The van der Waals surface area contributed by atoms with Crippen LogP contribution in [0.2, 0.25) is 0 Å². The molecular weight excluding hydrogens is 211 g/mol. The van der Waals surface area contributed by atoms with Crippen molar-refractivity contribution in [3.05, 3.63) is 53.9 Å². The molecule has 0 bridgehead atoms. The normalized spacial score (nSPS) is 10.1. The summed E-state index contributed by atoms with van der Waals surface area (Å²) in [5.41, 5.74) is 0.812. The van der Waals surface area contributed by atoms with Gasteiger partial charge in [0, 0.05) is 6.20 Å². The topological polar surface area (TPSA) is 44.1 Å². The summed E-state index contributed by atoms with van der Waals surface area (Å²) in [6.45, 7) is 0.248. The van der Waals surface area contributed by atoms with Crippen LogP contribution in [0.4, 0.5) is 4.39 Å². The highest BCUT2D eigenvalue weighted by Crippen LogP contribution is 2.03.